The van der Waals surface area contributed by atoms with E-state index in [9.17, 15) is 4.79 Å². The van der Waals surface area contributed by atoms with Crippen LogP contribution in [0.1, 0.15) is 12.0 Å². The third kappa shape index (κ3) is 4.59. The lowest BCUT2D eigenvalue weighted by Gasteiger charge is -2.08. The summed E-state index contributed by atoms with van der Waals surface area (Å²) in [4.78, 5) is 11.8. The topological polar surface area (TPSA) is 64.3 Å². The number of nitrogen functional groups attached to an aromatic ring is 1. The quantitative estimate of drug-likeness (QED) is 0.653. The van der Waals surface area contributed by atoms with Crippen LogP contribution in [0, 0.1) is 12.3 Å². The highest BCUT2D eigenvalue weighted by atomic mass is 16.5. The second-order valence-corrected chi connectivity index (χ2v) is 4.44. The van der Waals surface area contributed by atoms with Gasteiger partial charge in [0.15, 0.2) is 0 Å². The van der Waals surface area contributed by atoms with Gasteiger partial charge in [0.05, 0.1) is 13.0 Å². The molecule has 21 heavy (non-hydrogen) atoms. The molecule has 0 spiro atoms. The molecule has 0 bridgehead atoms. The molecule has 0 heterocycles. The summed E-state index contributed by atoms with van der Waals surface area (Å²) in [6.07, 6.45) is 5.57. The summed E-state index contributed by atoms with van der Waals surface area (Å²) >= 11 is 0. The van der Waals surface area contributed by atoms with Gasteiger partial charge in [0.2, 0.25) is 5.91 Å². The number of carbonyl (C=O) groups is 1. The van der Waals surface area contributed by atoms with Crippen molar-refractivity contribution in [2.75, 3.05) is 17.7 Å². The number of anilines is 2. The fourth-order valence-electron chi connectivity index (χ4n) is 1.74. The minimum Gasteiger partial charge on any atom is -0.493 e. The Morgan fingerprint density at radius 2 is 2.00 bits per heavy atom. The Hall–Kier alpha value is -2.93. The fourth-order valence-corrected chi connectivity index (χ4v) is 1.74. The van der Waals surface area contributed by atoms with Crippen molar-refractivity contribution < 1.29 is 9.53 Å². The largest absolute Gasteiger partial charge is 0.493 e. The minimum absolute atomic E-state index is 0.125. The van der Waals surface area contributed by atoms with Crippen molar-refractivity contribution in [3.05, 3.63) is 54.1 Å². The van der Waals surface area contributed by atoms with Gasteiger partial charge in [-0.05, 0) is 42.5 Å². The van der Waals surface area contributed by atoms with E-state index < -0.39 is 0 Å². The highest BCUT2D eigenvalue weighted by Crippen LogP contribution is 2.14. The standard InChI is InChI=1S/C17H16N2O2/c1-2-13-4-3-5-15(12-13)19-17(20)10-11-21-16-8-6-14(18)7-9-16/h1,3-9,12H,10-11,18H2,(H,19,20). The second-order valence-electron chi connectivity index (χ2n) is 4.44. The fraction of sp³-hybridized carbons (Fsp3) is 0.118. The lowest BCUT2D eigenvalue weighted by atomic mass is 10.2. The Morgan fingerprint density at radius 3 is 2.71 bits per heavy atom. The zero-order chi connectivity index (χ0) is 15.1. The molecule has 4 nitrogen and oxygen atoms in total. The van der Waals surface area contributed by atoms with Crippen molar-refractivity contribution in [3.63, 3.8) is 0 Å². The average molecular weight is 280 g/mol. The molecule has 0 aliphatic rings. The van der Waals surface area contributed by atoms with Crippen molar-refractivity contribution in [2.45, 2.75) is 6.42 Å². The summed E-state index contributed by atoms with van der Waals surface area (Å²) in [6.45, 7) is 0.296. The minimum atomic E-state index is -0.125. The molecule has 2 aromatic rings. The van der Waals surface area contributed by atoms with Gasteiger partial charge in [0.25, 0.3) is 0 Å². The Kier molecular flexibility index (Phi) is 4.84. The van der Waals surface area contributed by atoms with Crippen LogP contribution in [0.4, 0.5) is 11.4 Å². The van der Waals surface area contributed by atoms with Crippen LogP contribution in [0.15, 0.2) is 48.5 Å². The van der Waals surface area contributed by atoms with E-state index in [1.807, 2.05) is 0 Å². The summed E-state index contributed by atoms with van der Waals surface area (Å²) in [6, 6.07) is 14.2. The molecule has 0 saturated carbocycles. The Labute approximate surface area is 123 Å². The summed E-state index contributed by atoms with van der Waals surface area (Å²) in [5.74, 6) is 3.08. The average Bonchev–Trinajstić information content (AvgIpc) is 2.49. The molecule has 0 unspecified atom stereocenters. The van der Waals surface area contributed by atoms with Crippen LogP contribution < -0.4 is 15.8 Å². The van der Waals surface area contributed by atoms with Gasteiger partial charge < -0.3 is 15.8 Å². The zero-order valence-corrected chi connectivity index (χ0v) is 11.5. The third-order valence-corrected chi connectivity index (χ3v) is 2.79. The van der Waals surface area contributed by atoms with Crippen LogP contribution in [0.5, 0.6) is 5.75 Å². The van der Waals surface area contributed by atoms with E-state index in [-0.39, 0.29) is 12.3 Å². The van der Waals surface area contributed by atoms with Crippen LogP contribution in [-0.2, 0) is 4.79 Å². The molecule has 0 aliphatic heterocycles. The number of carbonyl (C=O) groups excluding carboxylic acids is 1. The first-order chi connectivity index (χ1) is 10.2. The number of nitrogens with one attached hydrogen (secondary N) is 1. The van der Waals surface area contributed by atoms with E-state index in [0.717, 1.165) is 5.56 Å². The highest BCUT2D eigenvalue weighted by molar-refractivity contribution is 5.90. The summed E-state index contributed by atoms with van der Waals surface area (Å²) in [7, 11) is 0. The summed E-state index contributed by atoms with van der Waals surface area (Å²) < 4.78 is 5.47. The molecule has 0 fully saturated rings. The summed E-state index contributed by atoms with van der Waals surface area (Å²) in [5.41, 5.74) is 7.66. The van der Waals surface area contributed by atoms with Crippen molar-refractivity contribution in [1.29, 1.82) is 0 Å². The second kappa shape index (κ2) is 7.01. The molecule has 4 heteroatoms. The molecule has 2 rings (SSSR count). The van der Waals surface area contributed by atoms with E-state index in [4.69, 9.17) is 16.9 Å². The third-order valence-electron chi connectivity index (χ3n) is 2.79. The number of hydrogen-bond donors (Lipinski definition) is 2. The Balaban J connectivity index is 1.79. The maximum atomic E-state index is 11.8. The van der Waals surface area contributed by atoms with Gasteiger partial charge >= 0.3 is 0 Å². The maximum Gasteiger partial charge on any atom is 0.227 e. The highest BCUT2D eigenvalue weighted by Gasteiger charge is 2.03. The number of benzene rings is 2. The zero-order valence-electron chi connectivity index (χ0n) is 11.5. The number of amides is 1. The van der Waals surface area contributed by atoms with Crippen molar-refractivity contribution in [3.8, 4) is 18.1 Å². The van der Waals surface area contributed by atoms with Gasteiger partial charge in [-0.25, -0.2) is 0 Å². The molecular formula is C17H16N2O2. The Bertz CT molecular complexity index is 657. The molecule has 3 N–H and O–H groups in total. The van der Waals surface area contributed by atoms with E-state index in [0.29, 0.717) is 23.7 Å². The van der Waals surface area contributed by atoms with Gasteiger partial charge in [-0.2, -0.15) is 0 Å². The van der Waals surface area contributed by atoms with E-state index in [2.05, 4.69) is 11.2 Å². The Morgan fingerprint density at radius 1 is 1.24 bits per heavy atom. The number of ether oxygens (including phenoxy) is 1. The van der Waals surface area contributed by atoms with Gasteiger partial charge in [0.1, 0.15) is 5.75 Å². The summed E-state index contributed by atoms with van der Waals surface area (Å²) in [5, 5.41) is 2.78. The molecular weight excluding hydrogens is 264 g/mol. The molecule has 1 amide bonds. The SMILES string of the molecule is C#Cc1cccc(NC(=O)CCOc2ccc(N)cc2)c1. The van der Waals surface area contributed by atoms with Crippen LogP contribution in [0.25, 0.3) is 0 Å². The van der Waals surface area contributed by atoms with Crippen LogP contribution in [0.2, 0.25) is 0 Å². The molecule has 106 valence electrons. The van der Waals surface area contributed by atoms with Crippen molar-refractivity contribution >= 4 is 17.3 Å². The number of hydrogen-bond acceptors (Lipinski definition) is 3. The van der Waals surface area contributed by atoms with Crippen molar-refractivity contribution in [2.24, 2.45) is 0 Å². The van der Waals surface area contributed by atoms with Gasteiger partial charge in [-0.1, -0.05) is 12.0 Å². The molecule has 0 aliphatic carbocycles. The molecule has 0 saturated heterocycles. The van der Waals surface area contributed by atoms with Crippen LogP contribution in [-0.4, -0.2) is 12.5 Å². The predicted octanol–water partition coefficient (Wildman–Crippen LogP) is 2.66. The molecule has 0 radical (unpaired) electrons. The monoisotopic (exact) mass is 280 g/mol. The molecule has 0 aromatic heterocycles. The normalized spacial score (nSPS) is 9.67. The van der Waals surface area contributed by atoms with E-state index in [1.54, 1.807) is 48.5 Å². The predicted molar refractivity (Wildman–Crippen MR) is 84.0 cm³/mol. The van der Waals surface area contributed by atoms with Crippen molar-refractivity contribution in [1.82, 2.24) is 0 Å². The first-order valence-electron chi connectivity index (χ1n) is 6.52. The van der Waals surface area contributed by atoms with E-state index >= 15 is 0 Å². The van der Waals surface area contributed by atoms with Gasteiger partial charge in [-0.3, -0.25) is 4.79 Å². The first-order valence-corrected chi connectivity index (χ1v) is 6.52. The maximum absolute atomic E-state index is 11.8. The first kappa shape index (κ1) is 14.5. The van der Waals surface area contributed by atoms with E-state index in [1.165, 1.54) is 0 Å². The van der Waals surface area contributed by atoms with Crippen LogP contribution in [0.3, 0.4) is 0 Å². The lowest BCUT2D eigenvalue weighted by Crippen LogP contribution is -2.15. The molecule has 0 atom stereocenters. The van der Waals surface area contributed by atoms with Gasteiger partial charge in [-0.15, -0.1) is 6.42 Å². The van der Waals surface area contributed by atoms with Crippen LogP contribution >= 0.6 is 0 Å². The van der Waals surface area contributed by atoms with Gasteiger partial charge in [0, 0.05) is 16.9 Å². The smallest absolute Gasteiger partial charge is 0.227 e. The number of terminal acetylenes is 1. The lowest BCUT2D eigenvalue weighted by molar-refractivity contribution is -0.116. The number of rotatable bonds is 5. The molecule has 2 aromatic carbocycles. The number of nitrogens with two attached hydrogens (primary N) is 1.